The zero-order chi connectivity index (χ0) is 12.7. The van der Waals surface area contributed by atoms with E-state index in [4.69, 9.17) is 5.11 Å². The van der Waals surface area contributed by atoms with Gasteiger partial charge in [-0.25, -0.2) is 0 Å². The topological polar surface area (TPSA) is 40.5 Å². The number of aliphatic hydroxyl groups excluding tert-OH is 1. The number of aliphatic hydroxyl groups is 1. The van der Waals surface area contributed by atoms with E-state index in [1.165, 1.54) is 4.88 Å². The summed E-state index contributed by atoms with van der Waals surface area (Å²) in [4.78, 5) is 15.1. The Hall–Kier alpha value is -0.960. The van der Waals surface area contributed by atoms with E-state index in [0.717, 1.165) is 10.6 Å². The highest BCUT2D eigenvalue weighted by Crippen LogP contribution is 2.21. The molecule has 0 aliphatic rings. The van der Waals surface area contributed by atoms with Crippen LogP contribution in [0.3, 0.4) is 0 Å². The second-order valence-electron chi connectivity index (χ2n) is 3.51. The van der Waals surface area contributed by atoms with Gasteiger partial charge in [0.1, 0.15) is 6.61 Å². The maximum Gasteiger partial charge on any atom is 0.232 e. The molecule has 0 unspecified atom stereocenters. The van der Waals surface area contributed by atoms with Gasteiger partial charge in [-0.2, -0.15) is 0 Å². The molecule has 0 bridgehead atoms. The third kappa shape index (κ3) is 5.26. The van der Waals surface area contributed by atoms with Gasteiger partial charge in [0, 0.05) is 24.7 Å². The highest BCUT2D eigenvalue weighted by atomic mass is 32.2. The van der Waals surface area contributed by atoms with Crippen LogP contribution in [0.2, 0.25) is 0 Å². The van der Waals surface area contributed by atoms with Crippen LogP contribution in [0.25, 0.3) is 0 Å². The first-order chi connectivity index (χ1) is 8.13. The predicted octanol–water partition coefficient (Wildman–Crippen LogP) is 1.41. The maximum atomic E-state index is 11.3. The molecule has 3 nitrogen and oxygen atoms in total. The van der Waals surface area contributed by atoms with Crippen molar-refractivity contribution in [1.82, 2.24) is 4.90 Å². The fourth-order valence-corrected chi connectivity index (χ4v) is 3.01. The van der Waals surface area contributed by atoms with Crippen molar-refractivity contribution in [3.63, 3.8) is 0 Å². The summed E-state index contributed by atoms with van der Waals surface area (Å²) < 4.78 is 0. The highest BCUT2D eigenvalue weighted by Gasteiger charge is 2.04. The number of amides is 1. The van der Waals surface area contributed by atoms with Gasteiger partial charge in [0.05, 0.1) is 10.6 Å². The number of carbonyl (C=O) groups excluding carboxylic acids is 1. The number of thioether (sulfide) groups is 1. The van der Waals surface area contributed by atoms with Crippen molar-refractivity contribution in [1.29, 1.82) is 0 Å². The number of thiophene rings is 1. The van der Waals surface area contributed by atoms with Crippen LogP contribution in [-0.4, -0.2) is 42.4 Å². The SMILES string of the molecule is CN(C)C(=O)CSCc1ccc(C#CCO)s1. The van der Waals surface area contributed by atoms with Gasteiger partial charge in [0.15, 0.2) is 0 Å². The molecular weight excluding hydrogens is 254 g/mol. The van der Waals surface area contributed by atoms with Gasteiger partial charge in [0.25, 0.3) is 0 Å². The highest BCUT2D eigenvalue weighted by molar-refractivity contribution is 7.99. The van der Waals surface area contributed by atoms with Crippen LogP contribution in [0.1, 0.15) is 9.75 Å². The molecule has 1 heterocycles. The molecule has 0 aliphatic carbocycles. The lowest BCUT2D eigenvalue weighted by atomic mass is 10.4. The normalized spacial score (nSPS) is 9.59. The van der Waals surface area contributed by atoms with Gasteiger partial charge in [-0.15, -0.1) is 23.1 Å². The molecule has 0 saturated heterocycles. The van der Waals surface area contributed by atoms with Gasteiger partial charge in [-0.05, 0) is 12.1 Å². The summed E-state index contributed by atoms with van der Waals surface area (Å²) in [5, 5.41) is 8.57. The lowest BCUT2D eigenvalue weighted by Gasteiger charge is -2.08. The molecule has 0 spiro atoms. The van der Waals surface area contributed by atoms with E-state index < -0.39 is 0 Å². The second-order valence-corrected chi connectivity index (χ2v) is 5.66. The molecule has 17 heavy (non-hydrogen) atoms. The van der Waals surface area contributed by atoms with E-state index in [1.54, 1.807) is 42.1 Å². The summed E-state index contributed by atoms with van der Waals surface area (Å²) in [5.41, 5.74) is 0. The van der Waals surface area contributed by atoms with E-state index in [2.05, 4.69) is 11.8 Å². The molecule has 0 fully saturated rings. The van der Waals surface area contributed by atoms with Crippen LogP contribution in [0.15, 0.2) is 12.1 Å². The van der Waals surface area contributed by atoms with Crippen LogP contribution in [0.4, 0.5) is 0 Å². The van der Waals surface area contributed by atoms with Crippen LogP contribution in [0.5, 0.6) is 0 Å². The summed E-state index contributed by atoms with van der Waals surface area (Å²) in [7, 11) is 3.52. The number of carbonyl (C=O) groups is 1. The van der Waals surface area contributed by atoms with Gasteiger partial charge in [-0.3, -0.25) is 4.79 Å². The van der Waals surface area contributed by atoms with Crippen molar-refractivity contribution >= 4 is 29.0 Å². The van der Waals surface area contributed by atoms with Gasteiger partial charge < -0.3 is 10.0 Å². The Labute approximate surface area is 110 Å². The Balaban J connectivity index is 2.37. The molecule has 92 valence electrons. The summed E-state index contributed by atoms with van der Waals surface area (Å²) >= 11 is 3.20. The molecule has 0 atom stereocenters. The van der Waals surface area contributed by atoms with E-state index in [1.807, 2.05) is 12.1 Å². The minimum Gasteiger partial charge on any atom is -0.384 e. The van der Waals surface area contributed by atoms with Crippen molar-refractivity contribution in [3.8, 4) is 11.8 Å². The van der Waals surface area contributed by atoms with Gasteiger partial charge in [-0.1, -0.05) is 11.8 Å². The Kier molecular flexibility index (Phi) is 6.12. The molecule has 1 N–H and O–H groups in total. The van der Waals surface area contributed by atoms with E-state index in [9.17, 15) is 4.79 Å². The Bertz CT molecular complexity index is 429. The molecule has 1 aromatic rings. The average Bonchev–Trinajstić information content (AvgIpc) is 2.74. The summed E-state index contributed by atoms with van der Waals surface area (Å²) in [5.74, 6) is 6.94. The Morgan fingerprint density at radius 3 is 2.94 bits per heavy atom. The smallest absolute Gasteiger partial charge is 0.232 e. The lowest BCUT2D eigenvalue weighted by Crippen LogP contribution is -2.23. The first-order valence-electron chi connectivity index (χ1n) is 5.10. The molecule has 1 aromatic heterocycles. The number of rotatable bonds is 4. The standard InChI is InChI=1S/C12H15NO2S2/c1-13(2)12(15)9-16-8-11-6-5-10(17-11)4-3-7-14/h5-6,14H,7-9H2,1-2H3. The summed E-state index contributed by atoms with van der Waals surface area (Å²) in [6, 6.07) is 3.95. The molecule has 5 heteroatoms. The lowest BCUT2D eigenvalue weighted by molar-refractivity contribution is -0.125. The molecule has 1 amide bonds. The first-order valence-corrected chi connectivity index (χ1v) is 7.07. The molecule has 0 aliphatic heterocycles. The molecule has 0 saturated carbocycles. The molecule has 0 aromatic carbocycles. The summed E-state index contributed by atoms with van der Waals surface area (Å²) in [6.45, 7) is -0.112. The first kappa shape index (κ1) is 14.1. The fraction of sp³-hybridized carbons (Fsp3) is 0.417. The minimum atomic E-state index is -0.112. The van der Waals surface area contributed by atoms with Crippen molar-refractivity contribution in [3.05, 3.63) is 21.9 Å². The predicted molar refractivity (Wildman–Crippen MR) is 73.1 cm³/mol. The van der Waals surface area contributed by atoms with Crippen molar-refractivity contribution in [2.45, 2.75) is 5.75 Å². The number of hydrogen-bond donors (Lipinski definition) is 1. The molecular formula is C12H15NO2S2. The fourth-order valence-electron chi connectivity index (χ4n) is 1.02. The zero-order valence-corrected chi connectivity index (χ0v) is 11.5. The number of nitrogens with zero attached hydrogens (tertiary/aromatic N) is 1. The minimum absolute atomic E-state index is 0.112. The molecule has 1 rings (SSSR count). The zero-order valence-electron chi connectivity index (χ0n) is 9.90. The maximum absolute atomic E-state index is 11.3. The summed E-state index contributed by atoms with van der Waals surface area (Å²) in [6.07, 6.45) is 0. The van der Waals surface area contributed by atoms with Crippen molar-refractivity contribution in [2.75, 3.05) is 26.5 Å². The van der Waals surface area contributed by atoms with Crippen molar-refractivity contribution in [2.24, 2.45) is 0 Å². The van der Waals surface area contributed by atoms with E-state index in [-0.39, 0.29) is 12.5 Å². The average molecular weight is 269 g/mol. The third-order valence-electron chi connectivity index (χ3n) is 1.92. The van der Waals surface area contributed by atoms with Gasteiger partial charge >= 0.3 is 0 Å². The third-order valence-corrected chi connectivity index (χ3v) is 4.07. The van der Waals surface area contributed by atoms with Crippen LogP contribution in [-0.2, 0) is 10.5 Å². The quantitative estimate of drug-likeness (QED) is 0.840. The van der Waals surface area contributed by atoms with Crippen LogP contribution >= 0.6 is 23.1 Å². The molecule has 0 radical (unpaired) electrons. The number of hydrogen-bond acceptors (Lipinski definition) is 4. The monoisotopic (exact) mass is 269 g/mol. The van der Waals surface area contributed by atoms with Crippen LogP contribution in [0, 0.1) is 11.8 Å². The van der Waals surface area contributed by atoms with E-state index >= 15 is 0 Å². The van der Waals surface area contributed by atoms with Gasteiger partial charge in [0.2, 0.25) is 5.91 Å². The van der Waals surface area contributed by atoms with Crippen molar-refractivity contribution < 1.29 is 9.90 Å². The largest absolute Gasteiger partial charge is 0.384 e. The Morgan fingerprint density at radius 2 is 2.29 bits per heavy atom. The van der Waals surface area contributed by atoms with E-state index in [0.29, 0.717) is 5.75 Å². The Morgan fingerprint density at radius 1 is 1.53 bits per heavy atom. The second kappa shape index (κ2) is 7.38. The van der Waals surface area contributed by atoms with Crippen LogP contribution < -0.4 is 0 Å².